The lowest BCUT2D eigenvalue weighted by Crippen LogP contribution is -2.39. The molecule has 0 aromatic heterocycles. The summed E-state index contributed by atoms with van der Waals surface area (Å²) in [5.41, 5.74) is 0. The van der Waals surface area contributed by atoms with Crippen LogP contribution in [0.5, 0.6) is 0 Å². The van der Waals surface area contributed by atoms with Crippen LogP contribution in [-0.2, 0) is 4.74 Å². The van der Waals surface area contributed by atoms with Crippen LogP contribution in [0.3, 0.4) is 0 Å². The van der Waals surface area contributed by atoms with Gasteiger partial charge in [-0.3, -0.25) is 0 Å². The van der Waals surface area contributed by atoms with E-state index in [9.17, 15) is 0 Å². The predicted molar refractivity (Wildman–Crippen MR) is 65.1 cm³/mol. The zero-order valence-electron chi connectivity index (χ0n) is 10.4. The smallest absolute Gasteiger partial charge is 0.0590 e. The highest BCUT2D eigenvalue weighted by Crippen LogP contribution is 2.26. The average Bonchev–Trinajstić information content (AvgIpc) is 2.29. The van der Waals surface area contributed by atoms with Crippen molar-refractivity contribution in [2.45, 2.75) is 58.4 Å². The topological polar surface area (TPSA) is 21.3 Å². The molecule has 15 heavy (non-hydrogen) atoms. The Bertz CT molecular complexity index is 149. The van der Waals surface area contributed by atoms with Gasteiger partial charge in [0.05, 0.1) is 6.61 Å². The lowest BCUT2D eigenvalue weighted by molar-refractivity contribution is 0.128. The van der Waals surface area contributed by atoms with Gasteiger partial charge < -0.3 is 10.1 Å². The molecular weight excluding hydrogens is 186 g/mol. The zero-order valence-corrected chi connectivity index (χ0v) is 10.4. The summed E-state index contributed by atoms with van der Waals surface area (Å²) >= 11 is 0. The molecule has 0 amide bonds. The van der Waals surface area contributed by atoms with Gasteiger partial charge in [0.1, 0.15) is 0 Å². The summed E-state index contributed by atoms with van der Waals surface area (Å²) in [6.45, 7) is 7.28. The molecule has 1 rings (SSSR count). The molecule has 2 heteroatoms. The second kappa shape index (κ2) is 8.12. The van der Waals surface area contributed by atoms with Crippen molar-refractivity contribution in [3.05, 3.63) is 0 Å². The third kappa shape index (κ3) is 4.98. The van der Waals surface area contributed by atoms with Gasteiger partial charge in [0, 0.05) is 19.2 Å². The average molecular weight is 213 g/mol. The van der Waals surface area contributed by atoms with E-state index in [1.807, 2.05) is 0 Å². The predicted octanol–water partition coefficient (Wildman–Crippen LogP) is 2.97. The van der Waals surface area contributed by atoms with Gasteiger partial charge in [-0.05, 0) is 25.2 Å². The fraction of sp³-hybridized carbons (Fsp3) is 1.00. The van der Waals surface area contributed by atoms with Gasteiger partial charge in [0.25, 0.3) is 0 Å². The lowest BCUT2D eigenvalue weighted by atomic mass is 9.83. The highest BCUT2D eigenvalue weighted by atomic mass is 16.5. The molecule has 0 spiro atoms. The molecule has 0 saturated heterocycles. The first-order chi connectivity index (χ1) is 7.38. The molecule has 0 aromatic rings. The zero-order chi connectivity index (χ0) is 10.9. The highest BCUT2D eigenvalue weighted by molar-refractivity contribution is 4.79. The van der Waals surface area contributed by atoms with E-state index in [4.69, 9.17) is 4.74 Å². The van der Waals surface area contributed by atoms with Gasteiger partial charge in [-0.25, -0.2) is 0 Å². The first-order valence-electron chi connectivity index (χ1n) is 6.69. The van der Waals surface area contributed by atoms with E-state index < -0.39 is 0 Å². The number of ether oxygens (including phenoxy) is 1. The monoisotopic (exact) mass is 213 g/mol. The molecule has 2 atom stereocenters. The maximum atomic E-state index is 5.48. The van der Waals surface area contributed by atoms with Crippen LogP contribution in [0.25, 0.3) is 0 Å². The molecule has 2 nitrogen and oxygen atoms in total. The molecule has 2 unspecified atom stereocenters. The Hall–Kier alpha value is -0.0800. The van der Waals surface area contributed by atoms with E-state index in [2.05, 4.69) is 19.2 Å². The van der Waals surface area contributed by atoms with Crippen molar-refractivity contribution in [1.82, 2.24) is 5.32 Å². The Morgan fingerprint density at radius 3 is 2.67 bits per heavy atom. The van der Waals surface area contributed by atoms with Crippen molar-refractivity contribution in [3.63, 3.8) is 0 Å². The summed E-state index contributed by atoms with van der Waals surface area (Å²) in [6.07, 6.45) is 8.08. The van der Waals surface area contributed by atoms with Crippen LogP contribution in [0.1, 0.15) is 52.4 Å². The summed E-state index contributed by atoms with van der Waals surface area (Å²) < 4.78 is 5.48. The number of nitrogens with one attached hydrogen (secondary N) is 1. The molecule has 1 N–H and O–H groups in total. The van der Waals surface area contributed by atoms with Gasteiger partial charge >= 0.3 is 0 Å². The van der Waals surface area contributed by atoms with Gasteiger partial charge in [-0.15, -0.1) is 0 Å². The van der Waals surface area contributed by atoms with Crippen molar-refractivity contribution >= 4 is 0 Å². The molecule has 1 saturated carbocycles. The minimum atomic E-state index is 0.758. The highest BCUT2D eigenvalue weighted by Gasteiger charge is 2.22. The molecule has 90 valence electrons. The summed E-state index contributed by atoms with van der Waals surface area (Å²) in [4.78, 5) is 0. The Morgan fingerprint density at radius 1 is 1.13 bits per heavy atom. The second-order valence-corrected chi connectivity index (χ2v) is 4.63. The standard InChI is InChI=1S/C13H27NO/c1-3-10-15-11-9-14-13-8-6-5-7-12(13)4-2/h12-14H,3-11H2,1-2H3. The maximum Gasteiger partial charge on any atom is 0.0590 e. The molecule has 0 aromatic carbocycles. The van der Waals surface area contributed by atoms with Gasteiger partial charge in [-0.1, -0.05) is 33.1 Å². The largest absolute Gasteiger partial charge is 0.380 e. The van der Waals surface area contributed by atoms with E-state index in [1.54, 1.807) is 0 Å². The minimum absolute atomic E-state index is 0.758. The second-order valence-electron chi connectivity index (χ2n) is 4.63. The Kier molecular flexibility index (Phi) is 7.03. The fourth-order valence-corrected chi connectivity index (χ4v) is 2.53. The lowest BCUT2D eigenvalue weighted by Gasteiger charge is -2.31. The Morgan fingerprint density at radius 2 is 1.93 bits per heavy atom. The summed E-state index contributed by atoms with van der Waals surface area (Å²) in [5.74, 6) is 0.907. The van der Waals surface area contributed by atoms with Crippen molar-refractivity contribution in [1.29, 1.82) is 0 Å². The summed E-state index contributed by atoms with van der Waals surface area (Å²) in [6, 6.07) is 0.758. The van der Waals surface area contributed by atoms with Gasteiger partial charge in [0.15, 0.2) is 0 Å². The maximum absolute atomic E-state index is 5.48. The van der Waals surface area contributed by atoms with Crippen LogP contribution in [0.2, 0.25) is 0 Å². The Labute approximate surface area is 94.8 Å². The number of rotatable bonds is 7. The van der Waals surface area contributed by atoms with E-state index >= 15 is 0 Å². The first kappa shape index (κ1) is 13.0. The van der Waals surface area contributed by atoms with Crippen molar-refractivity contribution in [2.75, 3.05) is 19.8 Å². The van der Waals surface area contributed by atoms with Crippen LogP contribution < -0.4 is 5.32 Å². The molecule has 0 radical (unpaired) electrons. The third-order valence-corrected chi connectivity index (χ3v) is 3.43. The fourth-order valence-electron chi connectivity index (χ4n) is 2.53. The molecule has 1 aliphatic carbocycles. The molecule has 0 bridgehead atoms. The number of hydrogen-bond donors (Lipinski definition) is 1. The van der Waals surface area contributed by atoms with Crippen molar-refractivity contribution in [2.24, 2.45) is 5.92 Å². The van der Waals surface area contributed by atoms with E-state index in [0.29, 0.717) is 0 Å². The quantitative estimate of drug-likeness (QED) is 0.656. The van der Waals surface area contributed by atoms with Gasteiger partial charge in [0.2, 0.25) is 0 Å². The van der Waals surface area contributed by atoms with Crippen molar-refractivity contribution in [3.8, 4) is 0 Å². The number of hydrogen-bond acceptors (Lipinski definition) is 2. The van der Waals surface area contributed by atoms with Gasteiger partial charge in [-0.2, -0.15) is 0 Å². The third-order valence-electron chi connectivity index (χ3n) is 3.43. The van der Waals surface area contributed by atoms with Crippen LogP contribution in [0, 0.1) is 5.92 Å². The SMILES string of the molecule is CCCOCCNC1CCCCC1CC. The van der Waals surface area contributed by atoms with Crippen LogP contribution >= 0.6 is 0 Å². The van der Waals surface area contributed by atoms with E-state index in [1.165, 1.54) is 32.1 Å². The molecule has 1 fully saturated rings. The van der Waals surface area contributed by atoms with E-state index in [-0.39, 0.29) is 0 Å². The Balaban J connectivity index is 2.07. The van der Waals surface area contributed by atoms with Crippen molar-refractivity contribution < 1.29 is 4.74 Å². The first-order valence-corrected chi connectivity index (χ1v) is 6.69. The minimum Gasteiger partial charge on any atom is -0.380 e. The molecule has 0 aliphatic heterocycles. The molecule has 1 aliphatic rings. The summed E-state index contributed by atoms with van der Waals surface area (Å²) in [7, 11) is 0. The van der Waals surface area contributed by atoms with Crippen LogP contribution in [0.4, 0.5) is 0 Å². The van der Waals surface area contributed by atoms with Crippen LogP contribution in [0.15, 0.2) is 0 Å². The van der Waals surface area contributed by atoms with Crippen LogP contribution in [-0.4, -0.2) is 25.8 Å². The molecule has 0 heterocycles. The summed E-state index contributed by atoms with van der Waals surface area (Å²) in [5, 5.41) is 3.66. The normalized spacial score (nSPS) is 26.8. The van der Waals surface area contributed by atoms with E-state index in [0.717, 1.165) is 38.1 Å². The molecular formula is C13H27NO.